The normalized spacial score (nSPS) is 11.0. The van der Waals surface area contributed by atoms with E-state index < -0.39 is 11.8 Å². The predicted octanol–water partition coefficient (Wildman–Crippen LogP) is 1.85. The van der Waals surface area contributed by atoms with E-state index in [9.17, 15) is 9.59 Å². The van der Waals surface area contributed by atoms with Crippen LogP contribution in [0, 0.1) is 12.3 Å². The second-order valence-electron chi connectivity index (χ2n) is 6.00. The first-order valence-corrected chi connectivity index (χ1v) is 7.11. The summed E-state index contributed by atoms with van der Waals surface area (Å²) in [7, 11) is 0. The van der Waals surface area contributed by atoms with Gasteiger partial charge in [-0.15, -0.1) is 0 Å². The van der Waals surface area contributed by atoms with E-state index in [2.05, 4.69) is 10.6 Å². The van der Waals surface area contributed by atoms with E-state index in [1.54, 1.807) is 12.1 Å². The number of carbonyl (C=O) groups is 2. The minimum atomic E-state index is -0.666. The van der Waals surface area contributed by atoms with Crippen molar-refractivity contribution in [2.24, 2.45) is 5.41 Å². The van der Waals surface area contributed by atoms with Crippen LogP contribution in [-0.4, -0.2) is 30.1 Å². The Bertz CT molecular complexity index is 481. The fourth-order valence-corrected chi connectivity index (χ4v) is 1.75. The fraction of sp³-hybridized carbons (Fsp3) is 0.500. The number of carbonyl (C=O) groups excluding carboxylic acids is 2. The van der Waals surface area contributed by atoms with Crippen molar-refractivity contribution < 1.29 is 14.7 Å². The maximum Gasteiger partial charge on any atom is 0.313 e. The van der Waals surface area contributed by atoms with Crippen molar-refractivity contribution in [2.75, 3.05) is 18.5 Å². The summed E-state index contributed by atoms with van der Waals surface area (Å²) in [4.78, 5) is 23.3. The first-order valence-electron chi connectivity index (χ1n) is 7.11. The molecule has 0 aliphatic carbocycles. The van der Waals surface area contributed by atoms with Gasteiger partial charge >= 0.3 is 11.8 Å². The van der Waals surface area contributed by atoms with Crippen molar-refractivity contribution in [2.45, 2.75) is 33.6 Å². The van der Waals surface area contributed by atoms with Gasteiger partial charge in [0, 0.05) is 18.8 Å². The number of amides is 2. The second-order valence-corrected chi connectivity index (χ2v) is 6.00. The van der Waals surface area contributed by atoms with Gasteiger partial charge < -0.3 is 15.7 Å². The van der Waals surface area contributed by atoms with Gasteiger partial charge in [-0.05, 0) is 37.3 Å². The molecule has 2 amide bonds. The summed E-state index contributed by atoms with van der Waals surface area (Å²) in [5.74, 6) is -1.31. The van der Waals surface area contributed by atoms with E-state index in [4.69, 9.17) is 5.11 Å². The average molecular weight is 292 g/mol. The lowest BCUT2D eigenvalue weighted by atomic mass is 9.89. The molecule has 5 nitrogen and oxygen atoms in total. The van der Waals surface area contributed by atoms with Crippen molar-refractivity contribution >= 4 is 17.5 Å². The Labute approximate surface area is 125 Å². The maximum absolute atomic E-state index is 11.7. The lowest BCUT2D eigenvalue weighted by Gasteiger charge is -2.21. The van der Waals surface area contributed by atoms with Crippen molar-refractivity contribution in [3.63, 3.8) is 0 Å². The molecule has 0 atom stereocenters. The molecule has 0 aliphatic rings. The van der Waals surface area contributed by atoms with Crippen LogP contribution in [-0.2, 0) is 9.59 Å². The second kappa shape index (κ2) is 7.78. The summed E-state index contributed by atoms with van der Waals surface area (Å²) in [6, 6.07) is 7.24. The first-order chi connectivity index (χ1) is 9.84. The Morgan fingerprint density at radius 3 is 2.33 bits per heavy atom. The van der Waals surface area contributed by atoms with E-state index >= 15 is 0 Å². The van der Waals surface area contributed by atoms with Crippen LogP contribution < -0.4 is 10.6 Å². The summed E-state index contributed by atoms with van der Waals surface area (Å²) in [6.45, 7) is 6.39. The van der Waals surface area contributed by atoms with Gasteiger partial charge in [-0.1, -0.05) is 31.5 Å². The van der Waals surface area contributed by atoms with Crippen LogP contribution in [0.25, 0.3) is 0 Å². The lowest BCUT2D eigenvalue weighted by Crippen LogP contribution is -2.36. The van der Waals surface area contributed by atoms with Gasteiger partial charge in [0.25, 0.3) is 0 Å². The Kier molecular flexibility index (Phi) is 6.37. The highest BCUT2D eigenvalue weighted by molar-refractivity contribution is 6.39. The van der Waals surface area contributed by atoms with E-state index in [-0.39, 0.29) is 12.0 Å². The quantitative estimate of drug-likeness (QED) is 0.553. The van der Waals surface area contributed by atoms with Gasteiger partial charge in [-0.25, -0.2) is 0 Å². The SMILES string of the molecule is Cc1ccc(NC(=O)C(=O)NCCCC(C)(C)CO)cc1. The zero-order valence-electron chi connectivity index (χ0n) is 12.9. The smallest absolute Gasteiger partial charge is 0.313 e. The fourth-order valence-electron chi connectivity index (χ4n) is 1.75. The summed E-state index contributed by atoms with van der Waals surface area (Å²) in [5, 5.41) is 14.2. The Hall–Kier alpha value is -1.88. The van der Waals surface area contributed by atoms with Gasteiger partial charge in [-0.2, -0.15) is 0 Å². The van der Waals surface area contributed by atoms with Gasteiger partial charge in [-0.3, -0.25) is 9.59 Å². The molecule has 3 N–H and O–H groups in total. The number of aryl methyl sites for hydroxylation is 1. The molecule has 5 heteroatoms. The molecule has 0 aliphatic heterocycles. The largest absolute Gasteiger partial charge is 0.396 e. The Morgan fingerprint density at radius 2 is 1.76 bits per heavy atom. The first kappa shape index (κ1) is 17.2. The summed E-state index contributed by atoms with van der Waals surface area (Å²) in [6.07, 6.45) is 1.50. The molecular weight excluding hydrogens is 268 g/mol. The molecule has 0 fully saturated rings. The van der Waals surface area contributed by atoms with E-state index in [0.717, 1.165) is 18.4 Å². The average Bonchev–Trinajstić information content (AvgIpc) is 2.45. The molecule has 1 aromatic rings. The molecule has 0 bridgehead atoms. The molecule has 0 spiro atoms. The molecule has 0 heterocycles. The number of hydrogen-bond acceptors (Lipinski definition) is 3. The van der Waals surface area contributed by atoms with E-state index in [1.165, 1.54) is 0 Å². The third kappa shape index (κ3) is 6.40. The van der Waals surface area contributed by atoms with Crippen LogP contribution in [0.15, 0.2) is 24.3 Å². The van der Waals surface area contributed by atoms with Gasteiger partial charge in [0.1, 0.15) is 0 Å². The molecule has 116 valence electrons. The van der Waals surface area contributed by atoms with Crippen LogP contribution in [0.2, 0.25) is 0 Å². The summed E-state index contributed by atoms with van der Waals surface area (Å²) >= 11 is 0. The van der Waals surface area contributed by atoms with Crippen molar-refractivity contribution in [3.05, 3.63) is 29.8 Å². The highest BCUT2D eigenvalue weighted by Gasteiger charge is 2.17. The van der Waals surface area contributed by atoms with Crippen LogP contribution in [0.1, 0.15) is 32.3 Å². The van der Waals surface area contributed by atoms with Gasteiger partial charge in [0.15, 0.2) is 0 Å². The van der Waals surface area contributed by atoms with Crippen LogP contribution in [0.5, 0.6) is 0 Å². The number of hydrogen-bond donors (Lipinski definition) is 3. The molecule has 0 radical (unpaired) electrons. The molecule has 21 heavy (non-hydrogen) atoms. The molecule has 0 unspecified atom stereocenters. The number of rotatable bonds is 6. The lowest BCUT2D eigenvalue weighted by molar-refractivity contribution is -0.136. The standard InChI is InChI=1S/C16H24N2O3/c1-12-5-7-13(8-6-12)18-15(21)14(20)17-10-4-9-16(2,3)11-19/h5-8,19H,4,9-11H2,1-3H3,(H,17,20)(H,18,21). The van der Waals surface area contributed by atoms with Crippen LogP contribution in [0.4, 0.5) is 5.69 Å². The minimum Gasteiger partial charge on any atom is -0.396 e. The molecular formula is C16H24N2O3. The number of nitrogens with one attached hydrogen (secondary N) is 2. The van der Waals surface area contributed by atoms with Crippen molar-refractivity contribution in [1.82, 2.24) is 5.32 Å². The summed E-state index contributed by atoms with van der Waals surface area (Å²) < 4.78 is 0. The third-order valence-corrected chi connectivity index (χ3v) is 3.26. The highest BCUT2D eigenvalue weighted by Crippen LogP contribution is 2.20. The molecule has 1 aromatic carbocycles. The third-order valence-electron chi connectivity index (χ3n) is 3.26. The van der Waals surface area contributed by atoms with Gasteiger partial charge in [0.2, 0.25) is 0 Å². The Morgan fingerprint density at radius 1 is 1.14 bits per heavy atom. The zero-order valence-corrected chi connectivity index (χ0v) is 12.9. The monoisotopic (exact) mass is 292 g/mol. The number of aliphatic hydroxyl groups excluding tert-OH is 1. The number of anilines is 1. The predicted molar refractivity (Wildman–Crippen MR) is 82.9 cm³/mol. The van der Waals surface area contributed by atoms with Gasteiger partial charge in [0.05, 0.1) is 0 Å². The Balaban J connectivity index is 2.32. The number of benzene rings is 1. The molecule has 0 saturated carbocycles. The van der Waals surface area contributed by atoms with Crippen molar-refractivity contribution in [3.8, 4) is 0 Å². The van der Waals surface area contributed by atoms with Crippen LogP contribution in [0.3, 0.4) is 0 Å². The minimum absolute atomic E-state index is 0.106. The van der Waals surface area contributed by atoms with E-state index in [0.29, 0.717) is 12.2 Å². The van der Waals surface area contributed by atoms with Crippen LogP contribution >= 0.6 is 0 Å². The topological polar surface area (TPSA) is 78.4 Å². The van der Waals surface area contributed by atoms with Crippen molar-refractivity contribution in [1.29, 1.82) is 0 Å². The molecule has 0 aromatic heterocycles. The maximum atomic E-state index is 11.7. The van der Waals surface area contributed by atoms with E-state index in [1.807, 2.05) is 32.9 Å². The molecule has 1 rings (SSSR count). The highest BCUT2D eigenvalue weighted by atomic mass is 16.3. The molecule has 0 saturated heterocycles. The summed E-state index contributed by atoms with van der Waals surface area (Å²) in [5.41, 5.74) is 1.53. The number of aliphatic hydroxyl groups is 1. The zero-order chi connectivity index (χ0) is 15.9.